The molecule has 0 aliphatic rings. The maximum atomic E-state index is 13.7. The van der Waals surface area contributed by atoms with Crippen molar-refractivity contribution in [3.05, 3.63) is 65.5 Å². The molecule has 0 aromatic heterocycles. The third-order valence-corrected chi connectivity index (χ3v) is 3.40. The lowest BCUT2D eigenvalue weighted by molar-refractivity contribution is -0.137. The van der Waals surface area contributed by atoms with E-state index < -0.39 is 23.7 Å². The zero-order valence-corrected chi connectivity index (χ0v) is 13.2. The molecule has 2 rings (SSSR count). The number of rotatable bonds is 7. The first-order valence-electron chi connectivity index (χ1n) is 7.51. The van der Waals surface area contributed by atoms with Gasteiger partial charge in [-0.15, -0.1) is 0 Å². The third-order valence-electron chi connectivity index (χ3n) is 3.40. The third kappa shape index (κ3) is 4.55. The molecule has 126 valence electrons. The Bertz CT molecular complexity index is 715. The lowest BCUT2D eigenvalue weighted by Gasteiger charge is -2.18. The fourth-order valence-corrected chi connectivity index (χ4v) is 2.27. The van der Waals surface area contributed by atoms with Crippen molar-refractivity contribution in [2.24, 2.45) is 0 Å². The van der Waals surface area contributed by atoms with Crippen molar-refractivity contribution >= 4 is 11.9 Å². The molecule has 0 spiro atoms. The van der Waals surface area contributed by atoms with Crippen molar-refractivity contribution in [1.82, 2.24) is 5.32 Å². The summed E-state index contributed by atoms with van der Waals surface area (Å²) >= 11 is 0. The van der Waals surface area contributed by atoms with E-state index in [1.165, 1.54) is 18.2 Å². The summed E-state index contributed by atoms with van der Waals surface area (Å²) in [5, 5.41) is 11.6. The van der Waals surface area contributed by atoms with Crippen LogP contribution in [0.15, 0.2) is 48.5 Å². The molecule has 2 aromatic rings. The highest BCUT2D eigenvalue weighted by Crippen LogP contribution is 2.21. The van der Waals surface area contributed by atoms with Crippen LogP contribution in [0.5, 0.6) is 5.75 Å². The van der Waals surface area contributed by atoms with Crippen LogP contribution in [-0.2, 0) is 4.79 Å². The van der Waals surface area contributed by atoms with E-state index in [2.05, 4.69) is 5.32 Å². The first-order chi connectivity index (χ1) is 11.5. The van der Waals surface area contributed by atoms with E-state index in [1.54, 1.807) is 30.3 Å². The summed E-state index contributed by atoms with van der Waals surface area (Å²) in [5.74, 6) is -1.73. The van der Waals surface area contributed by atoms with Gasteiger partial charge in [-0.05, 0) is 36.8 Å². The Kier molecular flexibility index (Phi) is 5.89. The normalized spacial score (nSPS) is 11.6. The number of halogens is 1. The summed E-state index contributed by atoms with van der Waals surface area (Å²) in [4.78, 5) is 23.3. The molecule has 0 saturated carbocycles. The minimum Gasteiger partial charge on any atom is -0.494 e. The number of ether oxygens (including phenoxy) is 1. The standard InChI is InChI=1S/C18H18FNO4/c1-2-24-13-9-7-12(8-10-13)16(11-17(21)22)20-18(23)14-5-3-4-6-15(14)19/h3-10,16H,2,11H2,1H3,(H,20,23)(H,21,22)/t16-/m0/s1. The van der Waals surface area contributed by atoms with E-state index >= 15 is 0 Å². The molecule has 0 unspecified atom stereocenters. The van der Waals surface area contributed by atoms with Crippen molar-refractivity contribution in [3.63, 3.8) is 0 Å². The zero-order chi connectivity index (χ0) is 17.5. The smallest absolute Gasteiger partial charge is 0.305 e. The second kappa shape index (κ2) is 8.10. The molecule has 0 fully saturated rings. The van der Waals surface area contributed by atoms with Crippen LogP contribution in [0.3, 0.4) is 0 Å². The minimum atomic E-state index is -1.07. The summed E-state index contributed by atoms with van der Waals surface area (Å²) in [7, 11) is 0. The number of carboxylic acids is 1. The van der Waals surface area contributed by atoms with Crippen LogP contribution in [0, 0.1) is 5.82 Å². The Morgan fingerprint density at radius 1 is 1.17 bits per heavy atom. The quantitative estimate of drug-likeness (QED) is 0.817. The molecule has 1 amide bonds. The topological polar surface area (TPSA) is 75.6 Å². The number of hydrogen-bond acceptors (Lipinski definition) is 3. The van der Waals surface area contributed by atoms with Gasteiger partial charge in [0, 0.05) is 0 Å². The van der Waals surface area contributed by atoms with Gasteiger partial charge in [0.2, 0.25) is 0 Å². The molecule has 2 aromatic carbocycles. The van der Waals surface area contributed by atoms with Crippen molar-refractivity contribution in [1.29, 1.82) is 0 Å². The fraction of sp³-hybridized carbons (Fsp3) is 0.222. The van der Waals surface area contributed by atoms with Gasteiger partial charge in [0.05, 0.1) is 24.6 Å². The number of carbonyl (C=O) groups is 2. The molecule has 6 heteroatoms. The van der Waals surface area contributed by atoms with Crippen molar-refractivity contribution < 1.29 is 23.8 Å². The average molecular weight is 331 g/mol. The van der Waals surface area contributed by atoms with Gasteiger partial charge in [-0.1, -0.05) is 24.3 Å². The van der Waals surface area contributed by atoms with Gasteiger partial charge in [-0.3, -0.25) is 9.59 Å². The van der Waals surface area contributed by atoms with Crippen LogP contribution < -0.4 is 10.1 Å². The van der Waals surface area contributed by atoms with Crippen LogP contribution in [0.4, 0.5) is 4.39 Å². The average Bonchev–Trinajstić information content (AvgIpc) is 2.55. The maximum Gasteiger partial charge on any atom is 0.305 e. The summed E-state index contributed by atoms with van der Waals surface area (Å²) < 4.78 is 19.0. The predicted molar refractivity (Wildman–Crippen MR) is 86.5 cm³/mol. The number of amides is 1. The van der Waals surface area contributed by atoms with Gasteiger partial charge >= 0.3 is 5.97 Å². The van der Waals surface area contributed by atoms with Crippen molar-refractivity contribution in [2.45, 2.75) is 19.4 Å². The van der Waals surface area contributed by atoms with Gasteiger partial charge in [0.15, 0.2) is 0 Å². The lowest BCUT2D eigenvalue weighted by Crippen LogP contribution is -2.30. The second-order valence-corrected chi connectivity index (χ2v) is 5.11. The Balaban J connectivity index is 2.20. The number of hydrogen-bond donors (Lipinski definition) is 2. The SMILES string of the molecule is CCOc1ccc([C@H](CC(=O)O)NC(=O)c2ccccc2F)cc1. The van der Waals surface area contributed by atoms with E-state index in [0.717, 1.165) is 0 Å². The molecule has 0 bridgehead atoms. The van der Waals surface area contributed by atoms with Crippen LogP contribution in [-0.4, -0.2) is 23.6 Å². The molecule has 0 radical (unpaired) electrons. The molecule has 0 saturated heterocycles. The highest BCUT2D eigenvalue weighted by atomic mass is 19.1. The van der Waals surface area contributed by atoms with E-state index in [-0.39, 0.29) is 12.0 Å². The molecule has 0 aliphatic heterocycles. The van der Waals surface area contributed by atoms with E-state index in [1.807, 2.05) is 6.92 Å². The summed E-state index contributed by atoms with van der Waals surface area (Å²) in [6.45, 7) is 2.37. The Morgan fingerprint density at radius 2 is 1.83 bits per heavy atom. The van der Waals surface area contributed by atoms with E-state index in [0.29, 0.717) is 17.9 Å². The molecule has 0 heterocycles. The maximum absolute atomic E-state index is 13.7. The largest absolute Gasteiger partial charge is 0.494 e. The number of carboxylic acid groups (broad SMARTS) is 1. The molecule has 24 heavy (non-hydrogen) atoms. The van der Waals surface area contributed by atoms with Crippen LogP contribution in [0.2, 0.25) is 0 Å². The van der Waals surface area contributed by atoms with Gasteiger partial charge in [0.1, 0.15) is 11.6 Å². The van der Waals surface area contributed by atoms with Crippen LogP contribution in [0.1, 0.15) is 35.3 Å². The minimum absolute atomic E-state index is 0.126. The molecule has 2 N–H and O–H groups in total. The number of nitrogens with one attached hydrogen (secondary N) is 1. The highest BCUT2D eigenvalue weighted by molar-refractivity contribution is 5.94. The van der Waals surface area contributed by atoms with Crippen molar-refractivity contribution in [2.75, 3.05) is 6.61 Å². The number of carbonyl (C=O) groups excluding carboxylic acids is 1. The van der Waals surface area contributed by atoms with Gasteiger partial charge < -0.3 is 15.2 Å². The number of aliphatic carboxylic acids is 1. The molecular formula is C18H18FNO4. The van der Waals surface area contributed by atoms with Crippen molar-refractivity contribution in [3.8, 4) is 5.75 Å². The second-order valence-electron chi connectivity index (χ2n) is 5.11. The Morgan fingerprint density at radius 3 is 2.42 bits per heavy atom. The van der Waals surface area contributed by atoms with Crippen LogP contribution >= 0.6 is 0 Å². The molecule has 0 aliphatic carbocycles. The Labute approximate surface area is 139 Å². The predicted octanol–water partition coefficient (Wildman–Crippen LogP) is 3.17. The fourth-order valence-electron chi connectivity index (χ4n) is 2.27. The highest BCUT2D eigenvalue weighted by Gasteiger charge is 2.20. The summed E-state index contributed by atoms with van der Waals surface area (Å²) in [5.41, 5.74) is 0.476. The molecular weight excluding hydrogens is 313 g/mol. The first-order valence-corrected chi connectivity index (χ1v) is 7.51. The molecule has 5 nitrogen and oxygen atoms in total. The van der Waals surface area contributed by atoms with Gasteiger partial charge in [0.25, 0.3) is 5.91 Å². The Hall–Kier alpha value is -2.89. The monoisotopic (exact) mass is 331 g/mol. The lowest BCUT2D eigenvalue weighted by atomic mass is 10.0. The molecule has 1 atom stereocenters. The first kappa shape index (κ1) is 17.5. The van der Waals surface area contributed by atoms with Gasteiger partial charge in [-0.2, -0.15) is 0 Å². The van der Waals surface area contributed by atoms with E-state index in [4.69, 9.17) is 9.84 Å². The van der Waals surface area contributed by atoms with E-state index in [9.17, 15) is 14.0 Å². The van der Waals surface area contributed by atoms with Crippen LogP contribution in [0.25, 0.3) is 0 Å². The summed E-state index contributed by atoms with van der Waals surface area (Å²) in [6.07, 6.45) is -0.311. The zero-order valence-electron chi connectivity index (χ0n) is 13.2. The van der Waals surface area contributed by atoms with Gasteiger partial charge in [-0.25, -0.2) is 4.39 Å². The number of benzene rings is 2. The summed E-state index contributed by atoms with van der Waals surface area (Å²) in [6, 6.07) is 11.5.